The normalized spacial score (nSPS) is 13.1. The summed E-state index contributed by atoms with van der Waals surface area (Å²) in [6.45, 7) is 0. The minimum Gasteiger partial charge on any atom is -0.318 e. The third-order valence-corrected chi connectivity index (χ3v) is 3.46. The minimum absolute atomic E-state index is 0.254. The van der Waals surface area contributed by atoms with E-state index in [0.29, 0.717) is 12.1 Å². The number of nitrogens with one attached hydrogen (secondary N) is 1. The summed E-state index contributed by atoms with van der Waals surface area (Å²) in [7, 11) is 0.540. The number of carbonyl (C=O) groups is 1. The Labute approximate surface area is 118 Å². The van der Waals surface area contributed by atoms with E-state index in [9.17, 15) is 39.6 Å². The number of anilines is 1. The highest BCUT2D eigenvalue weighted by Gasteiger charge is 2.63. The van der Waals surface area contributed by atoms with E-state index in [0.717, 1.165) is 5.32 Å². The summed E-state index contributed by atoms with van der Waals surface area (Å²) in [6, 6.07) is 1.35. The summed E-state index contributed by atoms with van der Waals surface area (Å²) in [5, 5.41) is 1.01. The fourth-order valence-electron chi connectivity index (χ4n) is 1.08. The van der Waals surface area contributed by atoms with E-state index in [-0.39, 0.29) is 6.07 Å². The molecule has 0 spiro atoms. The Hall–Kier alpha value is -1.49. The van der Waals surface area contributed by atoms with Crippen LogP contribution < -0.4 is 5.32 Å². The lowest BCUT2D eigenvalue weighted by atomic mass is 10.2. The highest BCUT2D eigenvalue weighted by molar-refractivity contribution is 8.13. The van der Waals surface area contributed by atoms with Crippen LogP contribution in [-0.2, 0) is 13.8 Å². The standard InChI is InChI=1S/C9H4ClF6NO3S/c10-21(19,20)4-1-2-6(5(11)3-4)17-7(18)8(12,13)9(14,15)16/h1-3H,(H,17,18). The number of carbonyl (C=O) groups excluding carboxylic acids is 1. The lowest BCUT2D eigenvalue weighted by molar-refractivity contribution is -0.267. The van der Waals surface area contributed by atoms with Gasteiger partial charge in [0.25, 0.3) is 9.05 Å². The van der Waals surface area contributed by atoms with Crippen molar-refractivity contribution in [2.45, 2.75) is 17.0 Å². The van der Waals surface area contributed by atoms with E-state index in [1.807, 2.05) is 0 Å². The topological polar surface area (TPSA) is 63.2 Å². The van der Waals surface area contributed by atoms with Crippen molar-refractivity contribution >= 4 is 31.3 Å². The lowest BCUT2D eigenvalue weighted by Crippen LogP contribution is -2.47. The molecule has 0 radical (unpaired) electrons. The van der Waals surface area contributed by atoms with E-state index < -0.39 is 43.5 Å². The van der Waals surface area contributed by atoms with Crippen molar-refractivity contribution in [1.29, 1.82) is 0 Å². The first-order valence-electron chi connectivity index (χ1n) is 4.77. The largest absolute Gasteiger partial charge is 0.463 e. The first-order valence-corrected chi connectivity index (χ1v) is 7.08. The fourth-order valence-corrected chi connectivity index (χ4v) is 1.84. The quantitative estimate of drug-likeness (QED) is 0.670. The van der Waals surface area contributed by atoms with Gasteiger partial charge < -0.3 is 5.32 Å². The van der Waals surface area contributed by atoms with Crippen molar-refractivity contribution in [1.82, 2.24) is 0 Å². The predicted octanol–water partition coefficient (Wildman–Crippen LogP) is 2.89. The summed E-state index contributed by atoms with van der Waals surface area (Å²) >= 11 is 0. The summed E-state index contributed by atoms with van der Waals surface area (Å²) in [4.78, 5) is 10.1. The second-order valence-electron chi connectivity index (χ2n) is 3.61. The van der Waals surface area contributed by atoms with Crippen LogP contribution in [0.5, 0.6) is 0 Å². The van der Waals surface area contributed by atoms with Crippen LogP contribution in [0, 0.1) is 5.82 Å². The predicted molar refractivity (Wildman–Crippen MR) is 59.1 cm³/mol. The van der Waals surface area contributed by atoms with E-state index in [1.165, 1.54) is 0 Å². The van der Waals surface area contributed by atoms with Crippen LogP contribution >= 0.6 is 10.7 Å². The van der Waals surface area contributed by atoms with Gasteiger partial charge in [-0.15, -0.1) is 0 Å². The third-order valence-electron chi connectivity index (χ3n) is 2.11. The SMILES string of the molecule is O=C(Nc1ccc(S(=O)(=O)Cl)cc1F)C(F)(F)C(F)(F)F. The van der Waals surface area contributed by atoms with Crippen LogP contribution in [0.15, 0.2) is 23.1 Å². The smallest absolute Gasteiger partial charge is 0.318 e. The maximum absolute atomic E-state index is 13.4. The van der Waals surface area contributed by atoms with Gasteiger partial charge in [0.05, 0.1) is 10.6 Å². The number of alkyl halides is 5. The van der Waals surface area contributed by atoms with Crippen LogP contribution in [0.2, 0.25) is 0 Å². The van der Waals surface area contributed by atoms with Crippen molar-refractivity contribution in [3.8, 4) is 0 Å². The molecule has 0 saturated heterocycles. The van der Waals surface area contributed by atoms with Crippen molar-refractivity contribution in [3.63, 3.8) is 0 Å². The molecule has 0 aliphatic rings. The molecule has 1 N–H and O–H groups in total. The first-order chi connectivity index (χ1) is 9.26. The highest BCUT2D eigenvalue weighted by atomic mass is 35.7. The summed E-state index contributed by atoms with van der Waals surface area (Å²) in [5.74, 6) is -10.1. The van der Waals surface area contributed by atoms with Crippen molar-refractivity contribution in [2.24, 2.45) is 0 Å². The molecule has 0 aliphatic carbocycles. The Kier molecular flexibility index (Phi) is 4.49. The van der Waals surface area contributed by atoms with Gasteiger partial charge in [-0.2, -0.15) is 22.0 Å². The molecule has 4 nitrogen and oxygen atoms in total. The summed E-state index contributed by atoms with van der Waals surface area (Å²) in [6.07, 6.45) is -6.16. The average Bonchev–Trinajstić information content (AvgIpc) is 2.28. The zero-order valence-corrected chi connectivity index (χ0v) is 11.1. The number of hydrogen-bond acceptors (Lipinski definition) is 3. The second-order valence-corrected chi connectivity index (χ2v) is 6.17. The minimum atomic E-state index is -6.16. The van der Waals surface area contributed by atoms with Crippen molar-refractivity contribution in [2.75, 3.05) is 5.32 Å². The van der Waals surface area contributed by atoms with E-state index in [2.05, 4.69) is 0 Å². The van der Waals surface area contributed by atoms with Crippen LogP contribution in [0.1, 0.15) is 0 Å². The Morgan fingerprint density at radius 2 is 1.67 bits per heavy atom. The third kappa shape index (κ3) is 3.79. The van der Waals surface area contributed by atoms with Crippen LogP contribution in [-0.4, -0.2) is 26.4 Å². The summed E-state index contributed by atoms with van der Waals surface area (Å²) in [5.41, 5.74) is -1.06. The van der Waals surface area contributed by atoms with Crippen molar-refractivity contribution < 1.29 is 39.6 Å². The average molecular weight is 356 g/mol. The van der Waals surface area contributed by atoms with E-state index in [1.54, 1.807) is 0 Å². The Balaban J connectivity index is 3.08. The zero-order chi connectivity index (χ0) is 16.6. The maximum Gasteiger partial charge on any atom is 0.463 e. The van der Waals surface area contributed by atoms with Gasteiger partial charge in [-0.3, -0.25) is 4.79 Å². The molecule has 0 fully saturated rings. The first kappa shape index (κ1) is 17.6. The van der Waals surface area contributed by atoms with Gasteiger partial charge in [0.15, 0.2) is 0 Å². The second kappa shape index (κ2) is 5.37. The molecule has 0 heterocycles. The monoisotopic (exact) mass is 355 g/mol. The van der Waals surface area contributed by atoms with Gasteiger partial charge in [0, 0.05) is 10.7 Å². The molecule has 1 aromatic carbocycles. The van der Waals surface area contributed by atoms with Gasteiger partial charge >= 0.3 is 18.0 Å². The molecule has 0 atom stereocenters. The number of halogens is 7. The van der Waals surface area contributed by atoms with Gasteiger partial charge in [0.1, 0.15) is 5.82 Å². The Morgan fingerprint density at radius 1 is 1.14 bits per heavy atom. The number of benzene rings is 1. The Bertz CT molecular complexity index is 673. The van der Waals surface area contributed by atoms with E-state index in [4.69, 9.17) is 10.7 Å². The van der Waals surface area contributed by atoms with E-state index >= 15 is 0 Å². The van der Waals surface area contributed by atoms with Crippen LogP contribution in [0.3, 0.4) is 0 Å². The molecule has 118 valence electrons. The van der Waals surface area contributed by atoms with Gasteiger partial charge in [-0.1, -0.05) is 0 Å². The van der Waals surface area contributed by atoms with Gasteiger partial charge in [-0.05, 0) is 18.2 Å². The molecule has 12 heteroatoms. The Morgan fingerprint density at radius 3 is 2.05 bits per heavy atom. The fraction of sp³-hybridized carbons (Fsp3) is 0.222. The van der Waals surface area contributed by atoms with Crippen LogP contribution in [0.25, 0.3) is 0 Å². The molecule has 0 bridgehead atoms. The molecular formula is C9H4ClF6NO3S. The van der Waals surface area contributed by atoms with Crippen LogP contribution in [0.4, 0.5) is 32.0 Å². The zero-order valence-electron chi connectivity index (χ0n) is 9.51. The molecule has 1 rings (SSSR count). The molecule has 0 aromatic heterocycles. The van der Waals surface area contributed by atoms with Gasteiger partial charge in [-0.25, -0.2) is 12.8 Å². The molecule has 0 aliphatic heterocycles. The summed E-state index contributed by atoms with van der Waals surface area (Å²) < 4.78 is 96.1. The molecule has 1 amide bonds. The number of hydrogen-bond donors (Lipinski definition) is 1. The number of rotatable bonds is 3. The molecule has 0 saturated carbocycles. The maximum atomic E-state index is 13.4. The molecule has 0 unspecified atom stereocenters. The number of amides is 1. The molecule has 21 heavy (non-hydrogen) atoms. The lowest BCUT2D eigenvalue weighted by Gasteiger charge is -2.18. The molecular weight excluding hydrogens is 352 g/mol. The van der Waals surface area contributed by atoms with Gasteiger partial charge in [0.2, 0.25) is 0 Å². The molecule has 1 aromatic rings. The van der Waals surface area contributed by atoms with Crippen molar-refractivity contribution in [3.05, 3.63) is 24.0 Å². The highest BCUT2D eigenvalue weighted by Crippen LogP contribution is 2.36.